The van der Waals surface area contributed by atoms with E-state index in [1.807, 2.05) is 0 Å². The Hall–Kier alpha value is 0.200. The van der Waals surface area contributed by atoms with Gasteiger partial charge in [0.1, 0.15) is 0 Å². The molecule has 100 valence electrons. The van der Waals surface area contributed by atoms with Crippen LogP contribution >= 0.6 is 11.6 Å². The lowest BCUT2D eigenvalue weighted by molar-refractivity contribution is 0.332. The first kappa shape index (κ1) is 13.6. The molecule has 2 fully saturated rings. The van der Waals surface area contributed by atoms with Crippen molar-refractivity contribution in [3.05, 3.63) is 0 Å². The maximum absolute atomic E-state index is 12.6. The van der Waals surface area contributed by atoms with E-state index in [0.29, 0.717) is 12.4 Å². The number of rotatable bonds is 5. The third-order valence-corrected chi connectivity index (χ3v) is 6.70. The van der Waals surface area contributed by atoms with E-state index in [1.54, 1.807) is 4.31 Å². The third-order valence-electron chi connectivity index (χ3n) is 4.09. The van der Waals surface area contributed by atoms with Gasteiger partial charge in [-0.05, 0) is 25.7 Å². The summed E-state index contributed by atoms with van der Waals surface area (Å²) >= 11 is 5.78. The molecule has 0 aromatic carbocycles. The molecule has 2 rings (SSSR count). The van der Waals surface area contributed by atoms with Crippen molar-refractivity contribution in [1.29, 1.82) is 0 Å². The van der Waals surface area contributed by atoms with Crippen molar-refractivity contribution in [3.8, 4) is 0 Å². The maximum Gasteiger partial charge on any atom is 0.217 e. The second-order valence-electron chi connectivity index (χ2n) is 5.19. The number of hydrogen-bond donors (Lipinski definition) is 0. The summed E-state index contributed by atoms with van der Waals surface area (Å²) < 4.78 is 26.9. The van der Waals surface area contributed by atoms with Crippen LogP contribution in [0.5, 0.6) is 0 Å². The predicted molar refractivity (Wildman–Crippen MR) is 70.9 cm³/mol. The van der Waals surface area contributed by atoms with E-state index in [0.717, 1.165) is 51.4 Å². The molecule has 5 heteroatoms. The summed E-state index contributed by atoms with van der Waals surface area (Å²) in [5.41, 5.74) is 0. The Bertz CT molecular complexity index is 332. The zero-order valence-corrected chi connectivity index (χ0v) is 11.8. The summed E-state index contributed by atoms with van der Waals surface area (Å²) in [5, 5.41) is -0.133. The molecule has 0 bridgehead atoms. The molecule has 0 radical (unpaired) electrons. The van der Waals surface area contributed by atoms with Crippen LogP contribution in [-0.4, -0.2) is 36.4 Å². The van der Waals surface area contributed by atoms with Crippen LogP contribution in [0.2, 0.25) is 0 Å². The zero-order valence-electron chi connectivity index (χ0n) is 10.3. The van der Waals surface area contributed by atoms with Crippen LogP contribution in [0, 0.1) is 0 Å². The molecule has 0 atom stereocenters. The molecule has 2 aliphatic rings. The minimum atomic E-state index is -3.10. The molecule has 0 unspecified atom stereocenters. The average molecular weight is 280 g/mol. The van der Waals surface area contributed by atoms with Gasteiger partial charge in [-0.15, -0.1) is 11.6 Å². The first-order valence-corrected chi connectivity index (χ1v) is 8.76. The first-order chi connectivity index (χ1) is 8.16. The van der Waals surface area contributed by atoms with E-state index < -0.39 is 10.0 Å². The summed E-state index contributed by atoms with van der Waals surface area (Å²) in [7, 11) is -3.10. The van der Waals surface area contributed by atoms with Crippen molar-refractivity contribution in [2.45, 2.75) is 62.7 Å². The van der Waals surface area contributed by atoms with E-state index in [2.05, 4.69) is 0 Å². The molecular weight excluding hydrogens is 258 g/mol. The Balaban J connectivity index is 2.12. The molecule has 0 saturated heterocycles. The van der Waals surface area contributed by atoms with Crippen LogP contribution in [-0.2, 0) is 10.0 Å². The molecule has 2 aliphatic carbocycles. The molecule has 0 amide bonds. The summed E-state index contributed by atoms with van der Waals surface area (Å²) in [5.74, 6) is 0.405. The van der Waals surface area contributed by atoms with E-state index in [9.17, 15) is 8.42 Å². The van der Waals surface area contributed by atoms with Gasteiger partial charge in [0, 0.05) is 18.5 Å². The Morgan fingerprint density at radius 3 is 2.06 bits per heavy atom. The van der Waals surface area contributed by atoms with Crippen LogP contribution in [0.4, 0.5) is 0 Å². The molecule has 0 aromatic heterocycles. The molecule has 0 aliphatic heterocycles. The van der Waals surface area contributed by atoms with Gasteiger partial charge in [0.25, 0.3) is 0 Å². The lowest BCUT2D eigenvalue weighted by Gasteiger charge is -2.30. The van der Waals surface area contributed by atoms with Gasteiger partial charge in [-0.1, -0.05) is 25.7 Å². The minimum absolute atomic E-state index is 0.133. The Labute approximate surface area is 110 Å². The molecule has 0 heterocycles. The van der Waals surface area contributed by atoms with Crippen LogP contribution in [0.3, 0.4) is 0 Å². The van der Waals surface area contributed by atoms with Gasteiger partial charge in [0.15, 0.2) is 0 Å². The zero-order chi connectivity index (χ0) is 12.3. The largest absolute Gasteiger partial charge is 0.217 e. The summed E-state index contributed by atoms with van der Waals surface area (Å²) in [6, 6.07) is 0.222. The highest BCUT2D eigenvalue weighted by atomic mass is 35.5. The molecule has 0 N–H and O–H groups in total. The predicted octanol–water partition coefficient (Wildman–Crippen LogP) is 2.74. The third kappa shape index (κ3) is 2.96. The average Bonchev–Trinajstić information content (AvgIpc) is 2.97. The number of nitrogens with zero attached hydrogens (tertiary/aromatic N) is 1. The van der Waals surface area contributed by atoms with Gasteiger partial charge in [0.2, 0.25) is 10.0 Å². The monoisotopic (exact) mass is 279 g/mol. The normalized spacial score (nSPS) is 23.9. The topological polar surface area (TPSA) is 37.4 Å². The molecule has 0 spiro atoms. The molecular formula is C12H22ClNO2S. The van der Waals surface area contributed by atoms with Crippen molar-refractivity contribution >= 4 is 21.6 Å². The van der Waals surface area contributed by atoms with Crippen LogP contribution < -0.4 is 0 Å². The van der Waals surface area contributed by atoms with Gasteiger partial charge in [-0.2, -0.15) is 4.31 Å². The Morgan fingerprint density at radius 2 is 1.53 bits per heavy atom. The van der Waals surface area contributed by atoms with Gasteiger partial charge in [-0.3, -0.25) is 0 Å². The SMILES string of the molecule is O=S(=O)(C1CCCC1)N(CCCl)C1CCCC1. The van der Waals surface area contributed by atoms with Gasteiger partial charge >= 0.3 is 0 Å². The van der Waals surface area contributed by atoms with Crippen molar-refractivity contribution in [2.75, 3.05) is 12.4 Å². The molecule has 2 saturated carbocycles. The first-order valence-electron chi connectivity index (χ1n) is 6.73. The number of sulfonamides is 1. The van der Waals surface area contributed by atoms with Crippen molar-refractivity contribution in [2.24, 2.45) is 0 Å². The summed E-state index contributed by atoms with van der Waals surface area (Å²) in [4.78, 5) is 0. The fourth-order valence-corrected chi connectivity index (χ4v) is 5.74. The van der Waals surface area contributed by atoms with Crippen LogP contribution in [0.15, 0.2) is 0 Å². The van der Waals surface area contributed by atoms with Gasteiger partial charge in [0.05, 0.1) is 5.25 Å². The number of alkyl halides is 1. The van der Waals surface area contributed by atoms with E-state index in [-0.39, 0.29) is 11.3 Å². The quantitative estimate of drug-likeness (QED) is 0.726. The smallest absolute Gasteiger partial charge is 0.212 e. The minimum Gasteiger partial charge on any atom is -0.212 e. The van der Waals surface area contributed by atoms with Gasteiger partial charge < -0.3 is 0 Å². The van der Waals surface area contributed by atoms with E-state index >= 15 is 0 Å². The molecule has 3 nitrogen and oxygen atoms in total. The highest BCUT2D eigenvalue weighted by Gasteiger charge is 2.38. The second kappa shape index (κ2) is 5.89. The fourth-order valence-electron chi connectivity index (χ4n) is 3.17. The Morgan fingerprint density at radius 1 is 1.00 bits per heavy atom. The highest BCUT2D eigenvalue weighted by Crippen LogP contribution is 2.32. The fraction of sp³-hybridized carbons (Fsp3) is 1.00. The molecule has 0 aromatic rings. The Kier molecular flexibility index (Phi) is 4.72. The van der Waals surface area contributed by atoms with Crippen molar-refractivity contribution in [3.63, 3.8) is 0 Å². The number of halogens is 1. The lowest BCUT2D eigenvalue weighted by Crippen LogP contribution is -2.44. The van der Waals surface area contributed by atoms with E-state index in [1.165, 1.54) is 0 Å². The van der Waals surface area contributed by atoms with Crippen LogP contribution in [0.25, 0.3) is 0 Å². The summed E-state index contributed by atoms with van der Waals surface area (Å²) in [6.45, 7) is 0.491. The maximum atomic E-state index is 12.6. The number of hydrogen-bond acceptors (Lipinski definition) is 2. The second-order valence-corrected chi connectivity index (χ2v) is 7.73. The highest BCUT2D eigenvalue weighted by molar-refractivity contribution is 7.89. The van der Waals surface area contributed by atoms with Gasteiger partial charge in [-0.25, -0.2) is 8.42 Å². The standard InChI is InChI=1S/C12H22ClNO2S/c13-9-10-14(11-5-1-2-6-11)17(15,16)12-7-3-4-8-12/h11-12H,1-10H2. The van der Waals surface area contributed by atoms with E-state index in [4.69, 9.17) is 11.6 Å². The van der Waals surface area contributed by atoms with Crippen molar-refractivity contribution in [1.82, 2.24) is 4.31 Å². The van der Waals surface area contributed by atoms with Crippen molar-refractivity contribution < 1.29 is 8.42 Å². The van der Waals surface area contributed by atoms with Crippen LogP contribution in [0.1, 0.15) is 51.4 Å². The lowest BCUT2D eigenvalue weighted by atomic mass is 10.2. The summed E-state index contributed by atoms with van der Waals surface area (Å²) in [6.07, 6.45) is 8.15. The molecule has 17 heavy (non-hydrogen) atoms.